The first-order valence-electron chi connectivity index (χ1n) is 6.83. The highest BCUT2D eigenvalue weighted by Crippen LogP contribution is 2.26. The normalized spacial score (nSPS) is 23.6. The summed E-state index contributed by atoms with van der Waals surface area (Å²) in [6.45, 7) is 4.08. The smallest absolute Gasteiger partial charge is 0.317 e. The maximum absolute atomic E-state index is 14.2. The summed E-state index contributed by atoms with van der Waals surface area (Å²) in [6, 6.07) is 4.90. The van der Waals surface area contributed by atoms with Crippen LogP contribution in [-0.4, -0.2) is 48.3 Å². The van der Waals surface area contributed by atoms with Crippen LogP contribution in [-0.2, 0) is 0 Å². The van der Waals surface area contributed by atoms with Crippen molar-refractivity contribution in [3.8, 4) is 0 Å². The molecule has 2 heterocycles. The summed E-state index contributed by atoms with van der Waals surface area (Å²) in [5.74, 6) is -0.325. The molecule has 1 aromatic rings. The van der Waals surface area contributed by atoms with Crippen LogP contribution in [0.3, 0.4) is 0 Å². The molecule has 20 heavy (non-hydrogen) atoms. The maximum Gasteiger partial charge on any atom is 0.317 e. The van der Waals surface area contributed by atoms with E-state index in [1.807, 2.05) is 4.90 Å². The van der Waals surface area contributed by atoms with Crippen LogP contribution in [0.2, 0.25) is 0 Å². The minimum atomic E-state index is -0.674. The SMILES string of the molecule is CC(O)c1ccc(N2CCN3C(=O)NCC3C2)c(F)c1. The van der Waals surface area contributed by atoms with Crippen LogP contribution >= 0.6 is 0 Å². The summed E-state index contributed by atoms with van der Waals surface area (Å²) in [6.07, 6.45) is -0.674. The fourth-order valence-electron chi connectivity index (χ4n) is 2.86. The van der Waals surface area contributed by atoms with Gasteiger partial charge in [0.05, 0.1) is 17.8 Å². The van der Waals surface area contributed by atoms with Gasteiger partial charge >= 0.3 is 6.03 Å². The van der Waals surface area contributed by atoms with Crippen molar-refractivity contribution in [3.63, 3.8) is 0 Å². The number of nitrogens with zero attached hydrogens (tertiary/aromatic N) is 2. The first-order valence-corrected chi connectivity index (χ1v) is 6.83. The van der Waals surface area contributed by atoms with Crippen molar-refractivity contribution in [2.24, 2.45) is 0 Å². The van der Waals surface area contributed by atoms with Crippen LogP contribution in [0.15, 0.2) is 18.2 Å². The Bertz CT molecular complexity index is 535. The third-order valence-electron chi connectivity index (χ3n) is 4.03. The zero-order chi connectivity index (χ0) is 14.3. The number of nitrogens with one attached hydrogen (secondary N) is 1. The number of benzene rings is 1. The van der Waals surface area contributed by atoms with Crippen LogP contribution in [0.5, 0.6) is 0 Å². The highest BCUT2D eigenvalue weighted by atomic mass is 19.1. The number of halogens is 1. The van der Waals surface area contributed by atoms with Crippen molar-refractivity contribution in [3.05, 3.63) is 29.6 Å². The molecule has 6 heteroatoms. The van der Waals surface area contributed by atoms with Crippen molar-refractivity contribution in [1.29, 1.82) is 0 Å². The topological polar surface area (TPSA) is 55.8 Å². The lowest BCUT2D eigenvalue weighted by atomic mass is 10.1. The molecule has 2 saturated heterocycles. The molecular weight excluding hydrogens is 261 g/mol. The predicted octanol–water partition coefficient (Wildman–Crippen LogP) is 1.09. The molecule has 0 aliphatic carbocycles. The van der Waals surface area contributed by atoms with Crippen LogP contribution in [0.4, 0.5) is 14.9 Å². The Balaban J connectivity index is 1.79. The first kappa shape index (κ1) is 13.2. The molecule has 0 saturated carbocycles. The second-order valence-electron chi connectivity index (χ2n) is 5.37. The van der Waals surface area contributed by atoms with Crippen molar-refractivity contribution < 1.29 is 14.3 Å². The molecule has 2 unspecified atom stereocenters. The predicted molar refractivity (Wildman–Crippen MR) is 73.1 cm³/mol. The van der Waals surface area contributed by atoms with Crippen LogP contribution < -0.4 is 10.2 Å². The van der Waals surface area contributed by atoms with Gasteiger partial charge in [0, 0.05) is 26.2 Å². The summed E-state index contributed by atoms with van der Waals surface area (Å²) in [4.78, 5) is 15.3. The number of rotatable bonds is 2. The van der Waals surface area contributed by atoms with E-state index in [0.29, 0.717) is 37.4 Å². The molecule has 2 fully saturated rings. The average molecular weight is 279 g/mol. The standard InChI is InChI=1S/C14H18FN3O2/c1-9(19)10-2-3-13(12(15)6-10)17-4-5-18-11(8-17)7-16-14(18)20/h2-3,6,9,11,19H,4-5,7-8H2,1H3,(H,16,20). The Morgan fingerprint density at radius 2 is 2.25 bits per heavy atom. The monoisotopic (exact) mass is 279 g/mol. The molecule has 0 aromatic heterocycles. The number of amides is 2. The molecule has 3 rings (SSSR count). The molecule has 2 amide bonds. The van der Waals surface area contributed by atoms with E-state index < -0.39 is 6.10 Å². The Hall–Kier alpha value is -1.82. The van der Waals surface area contributed by atoms with Crippen molar-refractivity contribution in [2.45, 2.75) is 19.1 Å². The number of aliphatic hydroxyl groups excluding tert-OH is 1. The number of aliphatic hydroxyl groups is 1. The van der Waals surface area contributed by atoms with Gasteiger partial charge in [-0.05, 0) is 24.6 Å². The van der Waals surface area contributed by atoms with E-state index in [4.69, 9.17) is 0 Å². The number of fused-ring (bicyclic) bond motifs is 1. The number of hydrogen-bond acceptors (Lipinski definition) is 3. The molecule has 2 aliphatic rings. The molecule has 2 N–H and O–H groups in total. The van der Waals surface area contributed by atoms with Gasteiger partial charge in [-0.15, -0.1) is 0 Å². The second-order valence-corrected chi connectivity index (χ2v) is 5.37. The summed E-state index contributed by atoms with van der Waals surface area (Å²) < 4.78 is 14.2. The molecule has 0 radical (unpaired) electrons. The number of anilines is 1. The number of carbonyl (C=O) groups excluding carboxylic acids is 1. The van der Waals surface area contributed by atoms with Gasteiger partial charge in [-0.1, -0.05) is 6.07 Å². The first-order chi connectivity index (χ1) is 9.56. The minimum absolute atomic E-state index is 0.0282. The minimum Gasteiger partial charge on any atom is -0.389 e. The molecule has 2 atom stereocenters. The number of piperazine rings is 1. The molecule has 0 bridgehead atoms. The third kappa shape index (κ3) is 2.20. The molecular formula is C14H18FN3O2. The molecule has 108 valence electrons. The average Bonchev–Trinajstić information content (AvgIpc) is 2.79. The number of hydrogen-bond donors (Lipinski definition) is 2. The van der Waals surface area contributed by atoms with Gasteiger partial charge in [-0.2, -0.15) is 0 Å². The highest BCUT2D eigenvalue weighted by Gasteiger charge is 2.35. The van der Waals surface area contributed by atoms with Gasteiger partial charge in [-0.25, -0.2) is 9.18 Å². The number of carbonyl (C=O) groups is 1. The summed E-state index contributed by atoms with van der Waals surface area (Å²) in [5.41, 5.74) is 1.11. The zero-order valence-electron chi connectivity index (χ0n) is 11.3. The van der Waals surface area contributed by atoms with E-state index in [0.717, 1.165) is 0 Å². The van der Waals surface area contributed by atoms with Gasteiger partial charge in [-0.3, -0.25) is 0 Å². The van der Waals surface area contributed by atoms with Crippen molar-refractivity contribution in [1.82, 2.24) is 10.2 Å². The quantitative estimate of drug-likeness (QED) is 0.852. The molecule has 2 aliphatic heterocycles. The number of urea groups is 1. The van der Waals surface area contributed by atoms with E-state index in [1.165, 1.54) is 6.07 Å². The van der Waals surface area contributed by atoms with E-state index in [-0.39, 0.29) is 17.9 Å². The Morgan fingerprint density at radius 3 is 2.95 bits per heavy atom. The van der Waals surface area contributed by atoms with E-state index in [2.05, 4.69) is 5.32 Å². The van der Waals surface area contributed by atoms with Gasteiger partial charge in [0.2, 0.25) is 0 Å². The lowest BCUT2D eigenvalue weighted by Crippen LogP contribution is -2.52. The van der Waals surface area contributed by atoms with Crippen molar-refractivity contribution >= 4 is 11.7 Å². The molecule has 5 nitrogen and oxygen atoms in total. The van der Waals surface area contributed by atoms with Gasteiger partial charge < -0.3 is 20.2 Å². The second kappa shape index (κ2) is 4.94. The largest absolute Gasteiger partial charge is 0.389 e. The van der Waals surface area contributed by atoms with Gasteiger partial charge in [0.15, 0.2) is 0 Å². The summed E-state index contributed by atoms with van der Waals surface area (Å²) in [7, 11) is 0. The van der Waals surface area contributed by atoms with Gasteiger partial charge in [0.25, 0.3) is 0 Å². The fourth-order valence-corrected chi connectivity index (χ4v) is 2.86. The summed E-state index contributed by atoms with van der Waals surface area (Å²) >= 11 is 0. The Morgan fingerprint density at radius 1 is 1.45 bits per heavy atom. The van der Waals surface area contributed by atoms with Crippen LogP contribution in [0, 0.1) is 5.82 Å². The van der Waals surface area contributed by atoms with Crippen molar-refractivity contribution in [2.75, 3.05) is 31.1 Å². The van der Waals surface area contributed by atoms with Gasteiger partial charge in [0.1, 0.15) is 5.82 Å². The lowest BCUT2D eigenvalue weighted by molar-refractivity contribution is 0.196. The van der Waals surface area contributed by atoms with Crippen LogP contribution in [0.1, 0.15) is 18.6 Å². The maximum atomic E-state index is 14.2. The lowest BCUT2D eigenvalue weighted by Gasteiger charge is -2.38. The zero-order valence-corrected chi connectivity index (χ0v) is 11.3. The van der Waals surface area contributed by atoms with Crippen LogP contribution in [0.25, 0.3) is 0 Å². The fraction of sp³-hybridized carbons (Fsp3) is 0.500. The molecule has 0 spiro atoms. The Labute approximate surface area is 117 Å². The summed E-state index contributed by atoms with van der Waals surface area (Å²) in [5, 5.41) is 12.3. The van der Waals surface area contributed by atoms with E-state index in [1.54, 1.807) is 24.0 Å². The highest BCUT2D eigenvalue weighted by molar-refractivity contribution is 5.77. The van der Waals surface area contributed by atoms with E-state index in [9.17, 15) is 14.3 Å². The van der Waals surface area contributed by atoms with E-state index >= 15 is 0 Å². The third-order valence-corrected chi connectivity index (χ3v) is 4.03. The Kier molecular flexibility index (Phi) is 3.25. The molecule has 1 aromatic carbocycles.